The third-order valence-electron chi connectivity index (χ3n) is 6.00. The van der Waals surface area contributed by atoms with E-state index in [1.165, 1.54) is 18.5 Å². The first kappa shape index (κ1) is 21.2. The normalized spacial score (nSPS) is 18.8. The summed E-state index contributed by atoms with van der Waals surface area (Å²) in [7, 11) is 0. The zero-order chi connectivity index (χ0) is 21.0. The van der Waals surface area contributed by atoms with Gasteiger partial charge in [0.1, 0.15) is 5.75 Å². The molecule has 3 unspecified atom stereocenters. The third-order valence-corrected chi connectivity index (χ3v) is 6.00. The Bertz CT molecular complexity index is 831. The Kier molecular flexibility index (Phi) is 6.83. The lowest BCUT2D eigenvalue weighted by molar-refractivity contribution is -0.127. The Hall–Kier alpha value is -2.49. The lowest BCUT2D eigenvalue weighted by Crippen LogP contribution is -2.38. The topological polar surface area (TPSA) is 41.6 Å². The SMILES string of the molecule is Cc1cccc(OC(C)C(=O)NC(C)c2ccc(N3CCCC(C)C3)cc2)c1C. The maximum Gasteiger partial charge on any atom is 0.261 e. The van der Waals surface area contributed by atoms with Crippen molar-refractivity contribution in [3.05, 3.63) is 59.2 Å². The van der Waals surface area contributed by atoms with Crippen molar-refractivity contribution in [2.45, 2.75) is 59.6 Å². The molecular formula is C25H34N2O2. The summed E-state index contributed by atoms with van der Waals surface area (Å²) < 4.78 is 5.91. The molecule has 1 heterocycles. The van der Waals surface area contributed by atoms with Crippen LogP contribution in [0.1, 0.15) is 56.3 Å². The van der Waals surface area contributed by atoms with Crippen molar-refractivity contribution in [1.29, 1.82) is 0 Å². The molecule has 2 aromatic rings. The molecule has 4 heteroatoms. The highest BCUT2D eigenvalue weighted by Gasteiger charge is 2.20. The van der Waals surface area contributed by atoms with E-state index in [9.17, 15) is 4.79 Å². The summed E-state index contributed by atoms with van der Waals surface area (Å²) in [5.41, 5.74) is 4.60. The number of nitrogens with one attached hydrogen (secondary N) is 1. The minimum Gasteiger partial charge on any atom is -0.481 e. The molecule has 0 radical (unpaired) electrons. The molecule has 29 heavy (non-hydrogen) atoms. The average Bonchev–Trinajstić information content (AvgIpc) is 2.71. The molecule has 4 nitrogen and oxygen atoms in total. The summed E-state index contributed by atoms with van der Waals surface area (Å²) >= 11 is 0. The van der Waals surface area contributed by atoms with Crippen molar-refractivity contribution in [3.8, 4) is 5.75 Å². The van der Waals surface area contributed by atoms with Crippen LogP contribution in [0, 0.1) is 19.8 Å². The van der Waals surface area contributed by atoms with Crippen LogP contribution < -0.4 is 15.0 Å². The molecule has 1 aliphatic heterocycles. The smallest absolute Gasteiger partial charge is 0.261 e. The Morgan fingerprint density at radius 3 is 2.55 bits per heavy atom. The van der Waals surface area contributed by atoms with Gasteiger partial charge in [-0.2, -0.15) is 0 Å². The van der Waals surface area contributed by atoms with Crippen LogP contribution in [0.15, 0.2) is 42.5 Å². The van der Waals surface area contributed by atoms with E-state index in [0.29, 0.717) is 0 Å². The molecule has 1 aliphatic rings. The number of aryl methyl sites for hydroxylation is 1. The van der Waals surface area contributed by atoms with Crippen LogP contribution in [0.5, 0.6) is 5.75 Å². The largest absolute Gasteiger partial charge is 0.481 e. The van der Waals surface area contributed by atoms with Crippen LogP contribution in [0.3, 0.4) is 0 Å². The number of benzene rings is 2. The molecule has 0 aliphatic carbocycles. The number of hydrogen-bond donors (Lipinski definition) is 1. The molecule has 156 valence electrons. The maximum atomic E-state index is 12.6. The summed E-state index contributed by atoms with van der Waals surface area (Å²) in [5.74, 6) is 1.41. The standard InChI is InChI=1S/C25H34N2O2/c1-17-8-7-15-27(16-17)23-13-11-22(12-14-23)20(4)26-25(28)21(5)29-24-10-6-9-18(2)19(24)3/h6,9-14,17,20-21H,7-8,15-16H2,1-5H3,(H,26,28). The number of hydrogen-bond acceptors (Lipinski definition) is 3. The zero-order valence-corrected chi connectivity index (χ0v) is 18.4. The first-order chi connectivity index (χ1) is 13.8. The van der Waals surface area contributed by atoms with E-state index < -0.39 is 6.10 Å². The summed E-state index contributed by atoms with van der Waals surface area (Å²) in [4.78, 5) is 15.1. The summed E-state index contributed by atoms with van der Waals surface area (Å²) in [6.07, 6.45) is 2.03. The summed E-state index contributed by atoms with van der Waals surface area (Å²) in [5, 5.41) is 3.08. The van der Waals surface area contributed by atoms with Crippen molar-refractivity contribution in [2.24, 2.45) is 5.92 Å². The van der Waals surface area contributed by atoms with Crippen molar-refractivity contribution in [2.75, 3.05) is 18.0 Å². The van der Waals surface area contributed by atoms with Gasteiger partial charge in [-0.25, -0.2) is 0 Å². The monoisotopic (exact) mass is 394 g/mol. The second-order valence-electron chi connectivity index (χ2n) is 8.47. The fraction of sp³-hybridized carbons (Fsp3) is 0.480. The zero-order valence-electron chi connectivity index (χ0n) is 18.4. The molecule has 0 bridgehead atoms. The first-order valence-corrected chi connectivity index (χ1v) is 10.7. The molecule has 1 saturated heterocycles. The molecule has 0 aromatic heterocycles. The number of rotatable bonds is 6. The second-order valence-corrected chi connectivity index (χ2v) is 8.47. The average molecular weight is 395 g/mol. The fourth-order valence-corrected chi connectivity index (χ4v) is 3.91. The molecule has 1 amide bonds. The number of piperidine rings is 1. The second kappa shape index (κ2) is 9.34. The lowest BCUT2D eigenvalue weighted by atomic mass is 9.99. The van der Waals surface area contributed by atoms with Gasteiger partial charge in [0.15, 0.2) is 6.10 Å². The molecule has 2 aromatic carbocycles. The van der Waals surface area contributed by atoms with Crippen LogP contribution in [-0.2, 0) is 4.79 Å². The van der Waals surface area contributed by atoms with Gasteiger partial charge in [-0.1, -0.05) is 31.2 Å². The van der Waals surface area contributed by atoms with E-state index in [1.54, 1.807) is 6.92 Å². The van der Waals surface area contributed by atoms with Crippen molar-refractivity contribution in [1.82, 2.24) is 5.32 Å². The molecule has 1 fully saturated rings. The fourth-order valence-electron chi connectivity index (χ4n) is 3.91. The van der Waals surface area contributed by atoms with E-state index in [1.807, 2.05) is 39.0 Å². The van der Waals surface area contributed by atoms with Gasteiger partial charge in [-0.3, -0.25) is 4.79 Å². The summed E-state index contributed by atoms with van der Waals surface area (Å²) in [6.45, 7) is 12.4. The molecular weight excluding hydrogens is 360 g/mol. The molecule has 3 rings (SSSR count). The van der Waals surface area contributed by atoms with Crippen molar-refractivity contribution < 1.29 is 9.53 Å². The van der Waals surface area contributed by atoms with E-state index in [0.717, 1.165) is 41.4 Å². The third kappa shape index (κ3) is 5.31. The number of nitrogens with zero attached hydrogens (tertiary/aromatic N) is 1. The number of anilines is 1. The van der Waals surface area contributed by atoms with Gasteiger partial charge in [0.25, 0.3) is 5.91 Å². The Morgan fingerprint density at radius 1 is 1.14 bits per heavy atom. The van der Waals surface area contributed by atoms with Gasteiger partial charge in [0.2, 0.25) is 0 Å². The predicted molar refractivity (Wildman–Crippen MR) is 120 cm³/mol. The predicted octanol–water partition coefficient (Wildman–Crippen LogP) is 5.18. The molecule has 1 N–H and O–H groups in total. The highest BCUT2D eigenvalue weighted by atomic mass is 16.5. The van der Waals surface area contributed by atoms with Gasteiger partial charge in [-0.05, 0) is 81.3 Å². The first-order valence-electron chi connectivity index (χ1n) is 10.7. The molecule has 3 atom stereocenters. The van der Waals surface area contributed by atoms with Crippen molar-refractivity contribution in [3.63, 3.8) is 0 Å². The minimum absolute atomic E-state index is 0.0681. The van der Waals surface area contributed by atoms with Gasteiger partial charge < -0.3 is 15.0 Å². The number of amides is 1. The highest BCUT2D eigenvalue weighted by molar-refractivity contribution is 5.81. The molecule has 0 saturated carbocycles. The van der Waals surface area contributed by atoms with Crippen LogP contribution in [-0.4, -0.2) is 25.1 Å². The van der Waals surface area contributed by atoms with Gasteiger partial charge in [-0.15, -0.1) is 0 Å². The van der Waals surface area contributed by atoms with E-state index in [2.05, 4.69) is 41.4 Å². The quantitative estimate of drug-likeness (QED) is 0.733. The lowest BCUT2D eigenvalue weighted by Gasteiger charge is -2.33. The number of carbonyl (C=O) groups is 1. The number of carbonyl (C=O) groups excluding carboxylic acids is 1. The van der Waals surface area contributed by atoms with E-state index in [4.69, 9.17) is 4.74 Å². The van der Waals surface area contributed by atoms with Crippen LogP contribution >= 0.6 is 0 Å². The van der Waals surface area contributed by atoms with Gasteiger partial charge in [0.05, 0.1) is 6.04 Å². The molecule has 0 spiro atoms. The Morgan fingerprint density at radius 2 is 1.86 bits per heavy atom. The van der Waals surface area contributed by atoms with E-state index >= 15 is 0 Å². The van der Waals surface area contributed by atoms with Crippen LogP contribution in [0.4, 0.5) is 5.69 Å². The van der Waals surface area contributed by atoms with Gasteiger partial charge in [0, 0.05) is 18.8 Å². The Labute approximate surface area is 175 Å². The highest BCUT2D eigenvalue weighted by Crippen LogP contribution is 2.25. The van der Waals surface area contributed by atoms with Crippen LogP contribution in [0.25, 0.3) is 0 Å². The van der Waals surface area contributed by atoms with Gasteiger partial charge >= 0.3 is 0 Å². The summed E-state index contributed by atoms with van der Waals surface area (Å²) in [6, 6.07) is 14.4. The van der Waals surface area contributed by atoms with Crippen LogP contribution in [0.2, 0.25) is 0 Å². The van der Waals surface area contributed by atoms with E-state index in [-0.39, 0.29) is 11.9 Å². The number of ether oxygens (including phenoxy) is 1. The van der Waals surface area contributed by atoms with Crippen molar-refractivity contribution >= 4 is 11.6 Å². The minimum atomic E-state index is -0.549. The Balaban J connectivity index is 1.58. The maximum absolute atomic E-state index is 12.6.